The highest BCUT2D eigenvalue weighted by Crippen LogP contribution is 2.22. The lowest BCUT2D eigenvalue weighted by Gasteiger charge is -2.32. The molecule has 2 N–H and O–H groups in total. The fourth-order valence-corrected chi connectivity index (χ4v) is 4.43. The number of para-hydroxylation sites is 1. The van der Waals surface area contributed by atoms with Crippen LogP contribution < -0.4 is 10.6 Å². The van der Waals surface area contributed by atoms with Gasteiger partial charge in [-0.05, 0) is 63.0 Å². The number of imide groups is 1. The molecule has 1 fully saturated rings. The number of hydrogen-bond donors (Lipinski definition) is 2. The summed E-state index contributed by atoms with van der Waals surface area (Å²) in [7, 11) is 0. The van der Waals surface area contributed by atoms with Gasteiger partial charge in [0.05, 0.1) is 17.7 Å². The van der Waals surface area contributed by atoms with E-state index in [1.807, 2.05) is 30.3 Å². The molecule has 2 aliphatic rings. The summed E-state index contributed by atoms with van der Waals surface area (Å²) in [6.07, 6.45) is 3.81. The van der Waals surface area contributed by atoms with E-state index in [0.717, 1.165) is 51.0 Å². The zero-order valence-corrected chi connectivity index (χ0v) is 18.3. The van der Waals surface area contributed by atoms with Crippen LogP contribution >= 0.6 is 0 Å². The Kier molecular flexibility index (Phi) is 7.29. The third kappa shape index (κ3) is 5.41. The Morgan fingerprint density at radius 2 is 1.62 bits per heavy atom. The van der Waals surface area contributed by atoms with E-state index >= 15 is 0 Å². The molecular formula is C25H30N4O3. The number of likely N-dealkylation sites (tertiary alicyclic amines) is 1. The molecule has 2 heterocycles. The summed E-state index contributed by atoms with van der Waals surface area (Å²) < 4.78 is 0. The molecule has 2 aromatic rings. The van der Waals surface area contributed by atoms with Gasteiger partial charge in [0.15, 0.2) is 0 Å². The molecule has 3 amide bonds. The molecule has 32 heavy (non-hydrogen) atoms. The number of piperidine rings is 1. The Morgan fingerprint density at radius 1 is 0.938 bits per heavy atom. The van der Waals surface area contributed by atoms with Gasteiger partial charge >= 0.3 is 0 Å². The van der Waals surface area contributed by atoms with Crippen molar-refractivity contribution in [1.29, 1.82) is 0 Å². The molecule has 0 unspecified atom stereocenters. The number of nitrogens with one attached hydrogen (secondary N) is 2. The summed E-state index contributed by atoms with van der Waals surface area (Å²) in [6, 6.07) is 16.9. The number of carbonyl (C=O) groups is 3. The molecular weight excluding hydrogens is 404 g/mol. The van der Waals surface area contributed by atoms with Crippen LogP contribution in [-0.4, -0.2) is 66.3 Å². The van der Waals surface area contributed by atoms with Crippen LogP contribution in [0.1, 0.15) is 46.4 Å². The lowest BCUT2D eigenvalue weighted by Crippen LogP contribution is -2.48. The van der Waals surface area contributed by atoms with Crippen LogP contribution in [0.3, 0.4) is 0 Å². The van der Waals surface area contributed by atoms with Gasteiger partial charge in [0.25, 0.3) is 11.8 Å². The molecule has 0 spiro atoms. The van der Waals surface area contributed by atoms with Crippen LogP contribution in [0.4, 0.5) is 5.69 Å². The number of benzene rings is 2. The number of rotatable bonds is 9. The van der Waals surface area contributed by atoms with Gasteiger partial charge in [-0.3, -0.25) is 24.2 Å². The SMILES string of the molecule is O=C(CN1CCC[C@@H](NCCCCN2C(=O)c3ccccc3C2=O)C1)Nc1ccccc1. The van der Waals surface area contributed by atoms with Crippen LogP contribution in [0.5, 0.6) is 0 Å². The normalized spacial score (nSPS) is 18.6. The number of anilines is 1. The Morgan fingerprint density at radius 3 is 2.34 bits per heavy atom. The Labute approximate surface area is 188 Å². The summed E-state index contributed by atoms with van der Waals surface area (Å²) in [6.45, 7) is 3.45. The maximum atomic E-state index is 12.4. The van der Waals surface area contributed by atoms with Gasteiger partial charge in [0.1, 0.15) is 0 Å². The quantitative estimate of drug-likeness (QED) is 0.469. The van der Waals surface area contributed by atoms with Crippen molar-refractivity contribution in [2.24, 2.45) is 0 Å². The molecule has 168 valence electrons. The lowest BCUT2D eigenvalue weighted by molar-refractivity contribution is -0.117. The first-order valence-corrected chi connectivity index (χ1v) is 11.4. The largest absolute Gasteiger partial charge is 0.325 e. The van der Waals surface area contributed by atoms with Crippen molar-refractivity contribution in [3.8, 4) is 0 Å². The number of unbranched alkanes of at least 4 members (excludes halogenated alkanes) is 1. The second-order valence-corrected chi connectivity index (χ2v) is 8.46. The highest BCUT2D eigenvalue weighted by Gasteiger charge is 2.34. The number of fused-ring (bicyclic) bond motifs is 1. The summed E-state index contributed by atoms with van der Waals surface area (Å²) in [5.74, 6) is -0.358. The molecule has 0 radical (unpaired) electrons. The summed E-state index contributed by atoms with van der Waals surface area (Å²) in [5.41, 5.74) is 1.84. The molecule has 1 saturated heterocycles. The minimum atomic E-state index is -0.185. The lowest BCUT2D eigenvalue weighted by atomic mass is 10.1. The predicted octanol–water partition coefficient (Wildman–Crippen LogP) is 2.76. The van der Waals surface area contributed by atoms with Crippen LogP contribution in [0.25, 0.3) is 0 Å². The first-order chi connectivity index (χ1) is 15.6. The van der Waals surface area contributed by atoms with E-state index in [2.05, 4.69) is 15.5 Å². The molecule has 4 rings (SSSR count). The fraction of sp³-hybridized carbons (Fsp3) is 0.400. The highest BCUT2D eigenvalue weighted by atomic mass is 16.2. The first-order valence-electron chi connectivity index (χ1n) is 11.4. The van der Waals surface area contributed by atoms with Crippen LogP contribution in [0, 0.1) is 0 Å². The van der Waals surface area contributed by atoms with Crippen LogP contribution in [0.2, 0.25) is 0 Å². The molecule has 1 atom stereocenters. The summed E-state index contributed by atoms with van der Waals surface area (Å²) in [4.78, 5) is 40.7. The van der Waals surface area contributed by atoms with Gasteiger partial charge in [0.2, 0.25) is 5.91 Å². The monoisotopic (exact) mass is 434 g/mol. The average molecular weight is 435 g/mol. The fourth-order valence-electron chi connectivity index (χ4n) is 4.43. The second kappa shape index (κ2) is 10.5. The van der Waals surface area contributed by atoms with Crippen molar-refractivity contribution in [1.82, 2.24) is 15.1 Å². The summed E-state index contributed by atoms with van der Waals surface area (Å²) in [5, 5.41) is 6.52. The van der Waals surface area contributed by atoms with E-state index in [4.69, 9.17) is 0 Å². The molecule has 0 aliphatic carbocycles. The van der Waals surface area contributed by atoms with Gasteiger partial charge in [-0.25, -0.2) is 0 Å². The van der Waals surface area contributed by atoms with Gasteiger partial charge in [0, 0.05) is 24.8 Å². The van der Waals surface area contributed by atoms with Crippen molar-refractivity contribution in [3.05, 3.63) is 65.7 Å². The van der Waals surface area contributed by atoms with E-state index < -0.39 is 0 Å². The highest BCUT2D eigenvalue weighted by molar-refractivity contribution is 6.21. The molecule has 2 aromatic carbocycles. The first kappa shape index (κ1) is 22.2. The average Bonchev–Trinajstić information content (AvgIpc) is 3.04. The molecule has 7 heteroatoms. The summed E-state index contributed by atoms with van der Waals surface area (Å²) >= 11 is 0. The zero-order valence-electron chi connectivity index (χ0n) is 18.3. The van der Waals surface area contributed by atoms with Crippen molar-refractivity contribution in [2.75, 3.05) is 38.0 Å². The topological polar surface area (TPSA) is 81.8 Å². The standard InChI is InChI=1S/C25H30N4O3/c30-23(27-19-9-2-1-3-10-19)18-28-15-8-11-20(17-28)26-14-6-7-16-29-24(31)21-12-4-5-13-22(21)25(29)32/h1-5,9-10,12-13,20,26H,6-8,11,14-18H2,(H,27,30)/t20-/m1/s1. The number of carbonyl (C=O) groups excluding carboxylic acids is 3. The molecule has 7 nitrogen and oxygen atoms in total. The smallest absolute Gasteiger partial charge is 0.261 e. The minimum Gasteiger partial charge on any atom is -0.325 e. The van der Waals surface area contributed by atoms with Crippen LogP contribution in [0.15, 0.2) is 54.6 Å². The maximum absolute atomic E-state index is 12.4. The number of hydrogen-bond acceptors (Lipinski definition) is 5. The zero-order chi connectivity index (χ0) is 22.3. The van der Waals surface area contributed by atoms with Crippen LogP contribution in [-0.2, 0) is 4.79 Å². The number of nitrogens with zero attached hydrogens (tertiary/aromatic N) is 2. The predicted molar refractivity (Wildman–Crippen MR) is 124 cm³/mol. The minimum absolute atomic E-state index is 0.0118. The van der Waals surface area contributed by atoms with Gasteiger partial charge in [-0.2, -0.15) is 0 Å². The van der Waals surface area contributed by atoms with E-state index in [9.17, 15) is 14.4 Å². The third-order valence-electron chi connectivity index (χ3n) is 6.05. The number of amides is 3. The van der Waals surface area contributed by atoms with Crippen molar-refractivity contribution < 1.29 is 14.4 Å². The van der Waals surface area contributed by atoms with Crippen molar-refractivity contribution >= 4 is 23.4 Å². The maximum Gasteiger partial charge on any atom is 0.261 e. The van der Waals surface area contributed by atoms with Gasteiger partial charge < -0.3 is 10.6 Å². The second-order valence-electron chi connectivity index (χ2n) is 8.46. The Hall–Kier alpha value is -3.03. The molecule has 0 bridgehead atoms. The Bertz CT molecular complexity index is 928. The Balaban J connectivity index is 1.14. The van der Waals surface area contributed by atoms with Gasteiger partial charge in [-0.15, -0.1) is 0 Å². The van der Waals surface area contributed by atoms with Crippen molar-refractivity contribution in [3.63, 3.8) is 0 Å². The molecule has 0 aromatic heterocycles. The van der Waals surface area contributed by atoms with E-state index in [1.165, 1.54) is 4.90 Å². The molecule has 0 saturated carbocycles. The third-order valence-corrected chi connectivity index (χ3v) is 6.05. The van der Waals surface area contributed by atoms with E-state index in [-0.39, 0.29) is 17.7 Å². The van der Waals surface area contributed by atoms with E-state index in [1.54, 1.807) is 24.3 Å². The molecule has 2 aliphatic heterocycles. The van der Waals surface area contributed by atoms with Gasteiger partial charge in [-0.1, -0.05) is 30.3 Å². The van der Waals surface area contributed by atoms with E-state index in [0.29, 0.717) is 30.3 Å². The van der Waals surface area contributed by atoms with Crippen molar-refractivity contribution in [2.45, 2.75) is 31.7 Å².